The summed E-state index contributed by atoms with van der Waals surface area (Å²) in [6.07, 6.45) is 1.42. The summed E-state index contributed by atoms with van der Waals surface area (Å²) >= 11 is 0. The van der Waals surface area contributed by atoms with E-state index >= 15 is 0 Å². The fourth-order valence-corrected chi connectivity index (χ4v) is 5.57. The van der Waals surface area contributed by atoms with Crippen LogP contribution in [-0.4, -0.2) is 50.6 Å². The van der Waals surface area contributed by atoms with E-state index in [0.717, 1.165) is 15.4 Å². The van der Waals surface area contributed by atoms with E-state index in [9.17, 15) is 23.1 Å². The van der Waals surface area contributed by atoms with E-state index in [1.165, 1.54) is 26.2 Å². The SMILES string of the molecule is Cc1ccc(NC(=O)C2(c3ccc4c(c3)OCO4)CC2)cc1-c1ccc(S(=O)(=O)N(C)C)c(C(=O)O)c1.[HH]. The molecule has 0 saturated heterocycles. The van der Waals surface area contributed by atoms with Gasteiger partial charge in [-0.3, -0.25) is 4.79 Å². The molecule has 10 heteroatoms. The van der Waals surface area contributed by atoms with Gasteiger partial charge in [-0.05, 0) is 78.4 Å². The molecule has 0 aromatic heterocycles. The second-order valence-electron chi connectivity index (χ2n) is 9.44. The lowest BCUT2D eigenvalue weighted by atomic mass is 9.94. The Labute approximate surface area is 216 Å². The first-order valence-electron chi connectivity index (χ1n) is 11.7. The maximum absolute atomic E-state index is 13.4. The van der Waals surface area contributed by atoms with Gasteiger partial charge in [0.25, 0.3) is 0 Å². The number of nitrogens with zero attached hydrogens (tertiary/aromatic N) is 1. The van der Waals surface area contributed by atoms with Crippen molar-refractivity contribution in [3.8, 4) is 22.6 Å². The van der Waals surface area contributed by atoms with Crippen molar-refractivity contribution in [1.29, 1.82) is 0 Å². The third kappa shape index (κ3) is 4.32. The summed E-state index contributed by atoms with van der Waals surface area (Å²) in [5.41, 5.74) is 2.51. The molecule has 5 rings (SSSR count). The smallest absolute Gasteiger partial charge is 0.337 e. The summed E-state index contributed by atoms with van der Waals surface area (Å²) in [4.78, 5) is 25.0. The number of sulfonamides is 1. The van der Waals surface area contributed by atoms with Crippen molar-refractivity contribution >= 4 is 27.6 Å². The molecule has 0 unspecified atom stereocenters. The molecule has 1 fully saturated rings. The third-order valence-corrected chi connectivity index (χ3v) is 8.76. The van der Waals surface area contributed by atoms with Crippen molar-refractivity contribution in [1.82, 2.24) is 4.31 Å². The van der Waals surface area contributed by atoms with E-state index in [2.05, 4.69) is 5.32 Å². The number of carboxylic acid groups (broad SMARTS) is 1. The Kier molecular flexibility index (Phi) is 5.96. The monoisotopic (exact) mass is 524 g/mol. The highest BCUT2D eigenvalue weighted by atomic mass is 32.2. The Hall–Kier alpha value is -3.89. The summed E-state index contributed by atoms with van der Waals surface area (Å²) in [6.45, 7) is 2.02. The number of carboxylic acids is 1. The van der Waals surface area contributed by atoms with Crippen LogP contribution in [0.25, 0.3) is 11.1 Å². The lowest BCUT2D eigenvalue weighted by Gasteiger charge is -2.18. The molecular formula is C27H28N2O7S. The predicted octanol–water partition coefficient (Wildman–Crippen LogP) is 4.26. The molecule has 1 amide bonds. The highest BCUT2D eigenvalue weighted by Crippen LogP contribution is 2.51. The molecule has 9 nitrogen and oxygen atoms in total. The van der Waals surface area contributed by atoms with Gasteiger partial charge in [-0.25, -0.2) is 17.5 Å². The van der Waals surface area contributed by atoms with Gasteiger partial charge in [0.1, 0.15) is 0 Å². The summed E-state index contributed by atoms with van der Waals surface area (Å²) in [5.74, 6) is -0.194. The fourth-order valence-electron chi connectivity index (χ4n) is 4.51. The lowest BCUT2D eigenvalue weighted by molar-refractivity contribution is -0.118. The van der Waals surface area contributed by atoms with E-state index in [-0.39, 0.29) is 24.6 Å². The highest BCUT2D eigenvalue weighted by Gasteiger charge is 2.51. The number of carbonyl (C=O) groups excluding carboxylic acids is 1. The Balaban J connectivity index is 0.00000336. The van der Waals surface area contributed by atoms with E-state index in [1.807, 2.05) is 31.2 Å². The minimum Gasteiger partial charge on any atom is -0.478 e. The van der Waals surface area contributed by atoms with Crippen molar-refractivity contribution in [2.45, 2.75) is 30.1 Å². The molecule has 3 aromatic rings. The molecule has 2 N–H and O–H groups in total. The van der Waals surface area contributed by atoms with Crippen LogP contribution in [0.3, 0.4) is 0 Å². The third-order valence-electron chi connectivity index (χ3n) is 6.88. The topological polar surface area (TPSA) is 122 Å². The molecular weight excluding hydrogens is 496 g/mol. The zero-order valence-electron chi connectivity index (χ0n) is 20.6. The van der Waals surface area contributed by atoms with Crippen molar-refractivity contribution in [3.05, 3.63) is 71.3 Å². The van der Waals surface area contributed by atoms with Crippen molar-refractivity contribution in [3.63, 3.8) is 0 Å². The minimum absolute atomic E-state index is 0. The number of rotatable bonds is 7. The van der Waals surface area contributed by atoms with Crippen LogP contribution >= 0.6 is 0 Å². The average molecular weight is 525 g/mol. The zero-order valence-corrected chi connectivity index (χ0v) is 21.4. The normalized spacial score (nSPS) is 15.5. The van der Waals surface area contributed by atoms with Gasteiger partial charge in [0.15, 0.2) is 11.5 Å². The molecule has 1 aliphatic heterocycles. The second-order valence-corrected chi connectivity index (χ2v) is 11.6. The Morgan fingerprint density at radius 1 is 1.00 bits per heavy atom. The quantitative estimate of drug-likeness (QED) is 0.474. The van der Waals surface area contributed by atoms with Gasteiger partial charge in [-0.1, -0.05) is 18.2 Å². The molecule has 37 heavy (non-hydrogen) atoms. The van der Waals surface area contributed by atoms with Crippen LogP contribution in [0, 0.1) is 6.92 Å². The van der Waals surface area contributed by atoms with Crippen molar-refractivity contribution in [2.75, 3.05) is 26.2 Å². The zero-order chi connectivity index (χ0) is 26.5. The number of carbonyl (C=O) groups is 2. The van der Waals surface area contributed by atoms with Crippen LogP contribution in [0.15, 0.2) is 59.5 Å². The van der Waals surface area contributed by atoms with Crippen LogP contribution in [0.4, 0.5) is 5.69 Å². The van der Waals surface area contributed by atoms with Gasteiger partial charge in [0.2, 0.25) is 22.7 Å². The molecule has 1 heterocycles. The van der Waals surface area contributed by atoms with E-state index in [4.69, 9.17) is 9.47 Å². The molecule has 0 bridgehead atoms. The van der Waals surface area contributed by atoms with Crippen LogP contribution in [0.2, 0.25) is 0 Å². The van der Waals surface area contributed by atoms with Crippen molar-refractivity contribution < 1.29 is 34.0 Å². The van der Waals surface area contributed by atoms with Gasteiger partial charge in [0, 0.05) is 21.2 Å². The standard InChI is InChI=1S/C27H26N2O7S.H2/c1-16-4-7-19(28-26(32)27(10-11-27)18-6-8-22-23(13-18)36-15-35-22)14-20(16)17-5-9-24(21(12-17)25(30)31)37(33,34)29(2)3;/h4-9,12-14H,10-11,15H2,1-3H3,(H,28,32)(H,30,31);1H. The van der Waals surface area contributed by atoms with E-state index in [0.29, 0.717) is 41.2 Å². The van der Waals surface area contributed by atoms with E-state index in [1.54, 1.807) is 18.2 Å². The number of amides is 1. The Bertz CT molecular complexity index is 1550. The Morgan fingerprint density at radius 2 is 1.73 bits per heavy atom. The predicted molar refractivity (Wildman–Crippen MR) is 139 cm³/mol. The largest absolute Gasteiger partial charge is 0.478 e. The first-order chi connectivity index (χ1) is 17.5. The maximum Gasteiger partial charge on any atom is 0.337 e. The van der Waals surface area contributed by atoms with Crippen molar-refractivity contribution in [2.24, 2.45) is 0 Å². The van der Waals surface area contributed by atoms with E-state index < -0.39 is 21.4 Å². The lowest BCUT2D eigenvalue weighted by Crippen LogP contribution is -2.27. The minimum atomic E-state index is -3.95. The molecule has 0 atom stereocenters. The first kappa shape index (κ1) is 24.8. The number of benzene rings is 3. The van der Waals surface area contributed by atoms with Gasteiger partial charge >= 0.3 is 5.97 Å². The maximum atomic E-state index is 13.4. The Morgan fingerprint density at radius 3 is 2.41 bits per heavy atom. The van der Waals surface area contributed by atoms with Gasteiger partial charge in [-0.15, -0.1) is 0 Å². The van der Waals surface area contributed by atoms with Gasteiger partial charge in [-0.2, -0.15) is 0 Å². The number of hydrogen-bond donors (Lipinski definition) is 2. The molecule has 0 radical (unpaired) electrons. The summed E-state index contributed by atoms with van der Waals surface area (Å²) < 4.78 is 37.1. The fraction of sp³-hybridized carbons (Fsp3) is 0.259. The number of hydrogen-bond acceptors (Lipinski definition) is 6. The summed E-state index contributed by atoms with van der Waals surface area (Å²) in [5, 5.41) is 12.7. The first-order valence-corrected chi connectivity index (χ1v) is 13.1. The van der Waals surface area contributed by atoms with Gasteiger partial charge in [0.05, 0.1) is 15.9 Å². The molecule has 194 valence electrons. The van der Waals surface area contributed by atoms with Crippen LogP contribution in [0.1, 0.15) is 35.8 Å². The number of aromatic carboxylic acids is 1. The number of anilines is 1. The number of ether oxygens (including phenoxy) is 2. The molecule has 1 saturated carbocycles. The average Bonchev–Trinajstić information content (AvgIpc) is 3.55. The summed E-state index contributed by atoms with van der Waals surface area (Å²) in [7, 11) is -1.25. The van der Waals surface area contributed by atoms with Crippen LogP contribution in [-0.2, 0) is 20.2 Å². The van der Waals surface area contributed by atoms with Crippen LogP contribution < -0.4 is 14.8 Å². The molecule has 1 aliphatic carbocycles. The number of nitrogens with one attached hydrogen (secondary N) is 1. The summed E-state index contributed by atoms with van der Waals surface area (Å²) in [6, 6.07) is 15.2. The van der Waals surface area contributed by atoms with Gasteiger partial charge < -0.3 is 19.9 Å². The second kappa shape index (κ2) is 8.89. The van der Waals surface area contributed by atoms with Crippen LogP contribution in [0.5, 0.6) is 11.5 Å². The highest BCUT2D eigenvalue weighted by molar-refractivity contribution is 7.89. The number of aryl methyl sites for hydroxylation is 1. The number of fused-ring (bicyclic) bond motifs is 1. The molecule has 3 aromatic carbocycles. The molecule has 0 spiro atoms. The molecule has 2 aliphatic rings.